The zero-order valence-electron chi connectivity index (χ0n) is 26.6. The summed E-state index contributed by atoms with van der Waals surface area (Å²) >= 11 is 3.59. The largest absolute Gasteiger partial charge is 0.491 e. The Morgan fingerprint density at radius 2 is 1.64 bits per heavy atom. The Morgan fingerprint density at radius 3 is 2.27 bits per heavy atom. The third-order valence-electron chi connectivity index (χ3n) is 7.23. The maximum Gasteiger partial charge on any atom is 0.257 e. The Bertz CT molecular complexity index is 1580. The smallest absolute Gasteiger partial charge is 0.257 e. The van der Waals surface area contributed by atoms with Gasteiger partial charge in [0.15, 0.2) is 5.75 Å². The lowest BCUT2D eigenvalue weighted by atomic mass is 9.71. The molecule has 11 heteroatoms. The van der Waals surface area contributed by atoms with Crippen LogP contribution in [0.5, 0.6) is 29.3 Å². The van der Waals surface area contributed by atoms with Gasteiger partial charge < -0.3 is 33.7 Å². The van der Waals surface area contributed by atoms with Crippen molar-refractivity contribution in [2.45, 2.75) is 44.8 Å². The number of nitrogens with zero attached hydrogens (tertiary/aromatic N) is 4. The minimum Gasteiger partial charge on any atom is -0.491 e. The molecule has 4 rings (SSSR count). The lowest BCUT2D eigenvalue weighted by Crippen LogP contribution is -2.38. The van der Waals surface area contributed by atoms with Crippen molar-refractivity contribution in [2.75, 3.05) is 48.6 Å². The second kappa shape index (κ2) is 14.4. The molecule has 0 aliphatic carbocycles. The molecule has 0 aliphatic rings. The van der Waals surface area contributed by atoms with E-state index in [0.29, 0.717) is 59.7 Å². The van der Waals surface area contributed by atoms with E-state index < -0.39 is 11.5 Å². The van der Waals surface area contributed by atoms with Crippen LogP contribution in [0.25, 0.3) is 10.9 Å². The molecule has 2 atom stereocenters. The van der Waals surface area contributed by atoms with Gasteiger partial charge in [-0.05, 0) is 77.2 Å². The molecule has 3 aromatic heterocycles. The zero-order valence-corrected chi connectivity index (χ0v) is 28.1. The minimum atomic E-state index is -1.59. The third kappa shape index (κ3) is 7.17. The number of fused-ring (bicyclic) bond motifs is 1. The van der Waals surface area contributed by atoms with E-state index in [-0.39, 0.29) is 12.0 Å². The van der Waals surface area contributed by atoms with Gasteiger partial charge in [0, 0.05) is 45.9 Å². The summed E-state index contributed by atoms with van der Waals surface area (Å²) in [7, 11) is 8.59. The van der Waals surface area contributed by atoms with Crippen molar-refractivity contribution in [3.63, 3.8) is 0 Å². The highest BCUT2D eigenvalue weighted by atomic mass is 79.9. The van der Waals surface area contributed by atoms with Crippen molar-refractivity contribution >= 4 is 26.8 Å². The average Bonchev–Trinajstić information content (AvgIpc) is 2.99. The quantitative estimate of drug-likeness (QED) is 0.173. The summed E-state index contributed by atoms with van der Waals surface area (Å²) in [6.07, 6.45) is 1.79. The standard InChI is InChI=1S/C33H41BrN4O6/c1-9-43-27-18-22(19-28(37-27)44-20(2)3)33(39,13-15-38(4)5)29(24-12-14-35-32(42-8)30(24)40-6)25-17-21-16-23(34)10-11-26(21)36-31(25)41-7/h10-12,14,16-20,29,39H,9,13,15H2,1-8H3/t29-,33-/m1/s1. The van der Waals surface area contributed by atoms with Crippen LogP contribution in [-0.4, -0.2) is 79.6 Å². The molecule has 0 radical (unpaired) electrons. The van der Waals surface area contributed by atoms with Crippen LogP contribution in [0.1, 0.15) is 49.8 Å². The second-order valence-corrected chi connectivity index (χ2v) is 11.8. The molecule has 0 spiro atoms. The van der Waals surface area contributed by atoms with Crippen LogP contribution in [0.2, 0.25) is 0 Å². The van der Waals surface area contributed by atoms with Crippen molar-refractivity contribution < 1.29 is 28.8 Å². The van der Waals surface area contributed by atoms with Crippen LogP contribution in [0, 0.1) is 0 Å². The van der Waals surface area contributed by atoms with Crippen molar-refractivity contribution in [3.8, 4) is 29.3 Å². The number of ether oxygens (including phenoxy) is 5. The van der Waals surface area contributed by atoms with Gasteiger partial charge in [0.05, 0.1) is 45.5 Å². The van der Waals surface area contributed by atoms with Crippen LogP contribution in [0.4, 0.5) is 0 Å². The van der Waals surface area contributed by atoms with E-state index in [2.05, 4.69) is 25.9 Å². The highest BCUT2D eigenvalue weighted by Crippen LogP contribution is 2.51. The number of aliphatic hydroxyl groups is 1. The summed E-state index contributed by atoms with van der Waals surface area (Å²) in [5, 5.41) is 14.2. The number of hydrogen-bond donors (Lipinski definition) is 1. The van der Waals surface area contributed by atoms with Crippen LogP contribution in [0.15, 0.2) is 53.1 Å². The van der Waals surface area contributed by atoms with Crippen LogP contribution < -0.4 is 23.7 Å². The van der Waals surface area contributed by atoms with E-state index in [9.17, 15) is 5.11 Å². The van der Waals surface area contributed by atoms with Gasteiger partial charge in [-0.2, -0.15) is 4.98 Å². The topological polar surface area (TPSA) is 108 Å². The fraction of sp³-hybridized carbons (Fsp3) is 0.424. The third-order valence-corrected chi connectivity index (χ3v) is 7.72. The second-order valence-electron chi connectivity index (χ2n) is 10.9. The lowest BCUT2D eigenvalue weighted by Gasteiger charge is -2.39. The molecule has 1 N–H and O–H groups in total. The molecule has 0 saturated carbocycles. The molecule has 10 nitrogen and oxygen atoms in total. The Labute approximate surface area is 267 Å². The van der Waals surface area contributed by atoms with E-state index in [1.54, 1.807) is 32.5 Å². The SMILES string of the molecule is CCOc1cc([C@](O)(CCN(C)C)[C@@H](c2cc3cc(Br)ccc3nc2OC)c2ccnc(OC)c2OC)cc(OC(C)C)n1. The first-order valence-corrected chi connectivity index (χ1v) is 15.2. The monoisotopic (exact) mass is 668 g/mol. The van der Waals surface area contributed by atoms with Crippen molar-refractivity contribution in [2.24, 2.45) is 0 Å². The summed E-state index contributed by atoms with van der Waals surface area (Å²) in [6.45, 7) is 6.67. The highest BCUT2D eigenvalue weighted by molar-refractivity contribution is 9.10. The molecule has 0 unspecified atom stereocenters. The van der Waals surface area contributed by atoms with Gasteiger partial charge in [-0.15, -0.1) is 0 Å². The van der Waals surface area contributed by atoms with Crippen molar-refractivity contribution in [3.05, 3.63) is 69.8 Å². The highest BCUT2D eigenvalue weighted by Gasteiger charge is 2.45. The molecular formula is C33H41BrN4O6. The van der Waals surface area contributed by atoms with Crippen LogP contribution >= 0.6 is 15.9 Å². The molecule has 1 aromatic carbocycles. The van der Waals surface area contributed by atoms with E-state index >= 15 is 0 Å². The first-order chi connectivity index (χ1) is 21.0. The van der Waals surface area contributed by atoms with Gasteiger partial charge in [-0.25, -0.2) is 9.97 Å². The van der Waals surface area contributed by atoms with Gasteiger partial charge in [-0.3, -0.25) is 0 Å². The number of halogens is 1. The fourth-order valence-electron chi connectivity index (χ4n) is 5.32. The first kappa shape index (κ1) is 33.2. The Hall–Kier alpha value is -3.67. The fourth-order valence-corrected chi connectivity index (χ4v) is 5.70. The molecule has 44 heavy (non-hydrogen) atoms. The molecule has 0 amide bonds. The lowest BCUT2D eigenvalue weighted by molar-refractivity contribution is 0.00245. The van der Waals surface area contributed by atoms with E-state index in [1.807, 2.05) is 70.1 Å². The van der Waals surface area contributed by atoms with E-state index in [4.69, 9.17) is 28.7 Å². The zero-order chi connectivity index (χ0) is 32.0. The maximum atomic E-state index is 13.3. The van der Waals surface area contributed by atoms with Crippen molar-refractivity contribution in [1.29, 1.82) is 0 Å². The van der Waals surface area contributed by atoms with E-state index in [1.165, 1.54) is 7.11 Å². The van der Waals surface area contributed by atoms with Gasteiger partial charge in [0.1, 0.15) is 5.60 Å². The molecule has 3 heterocycles. The molecule has 0 fully saturated rings. The van der Waals surface area contributed by atoms with Crippen LogP contribution in [-0.2, 0) is 5.60 Å². The first-order valence-electron chi connectivity index (χ1n) is 14.4. The molecule has 236 valence electrons. The summed E-state index contributed by atoms with van der Waals surface area (Å²) in [5.74, 6) is 0.934. The normalized spacial score (nSPS) is 13.5. The maximum absolute atomic E-state index is 13.3. The number of pyridine rings is 3. The molecular weight excluding hydrogens is 628 g/mol. The van der Waals surface area contributed by atoms with Crippen LogP contribution in [0.3, 0.4) is 0 Å². The predicted octanol–water partition coefficient (Wildman–Crippen LogP) is 5.97. The Morgan fingerprint density at radius 1 is 0.909 bits per heavy atom. The van der Waals surface area contributed by atoms with Gasteiger partial charge >= 0.3 is 0 Å². The number of aromatic nitrogens is 3. The Balaban J connectivity index is 2.14. The number of benzene rings is 1. The van der Waals surface area contributed by atoms with E-state index in [0.717, 1.165) is 15.4 Å². The number of methoxy groups -OCH3 is 3. The number of hydrogen-bond acceptors (Lipinski definition) is 10. The van der Waals surface area contributed by atoms with Crippen molar-refractivity contribution in [1.82, 2.24) is 19.9 Å². The number of rotatable bonds is 14. The summed E-state index contributed by atoms with van der Waals surface area (Å²) in [6, 6.07) is 13.2. The Kier molecular flexibility index (Phi) is 10.9. The predicted molar refractivity (Wildman–Crippen MR) is 173 cm³/mol. The average molecular weight is 670 g/mol. The minimum absolute atomic E-state index is 0.148. The molecule has 0 saturated heterocycles. The molecule has 4 aromatic rings. The molecule has 0 bridgehead atoms. The molecule has 0 aliphatic heterocycles. The van der Waals surface area contributed by atoms with Gasteiger partial charge in [0.25, 0.3) is 5.88 Å². The summed E-state index contributed by atoms with van der Waals surface area (Å²) < 4.78 is 30.2. The van der Waals surface area contributed by atoms with Gasteiger partial charge in [-0.1, -0.05) is 15.9 Å². The van der Waals surface area contributed by atoms with Gasteiger partial charge in [0.2, 0.25) is 17.6 Å². The summed E-state index contributed by atoms with van der Waals surface area (Å²) in [5.41, 5.74) is 0.984. The summed E-state index contributed by atoms with van der Waals surface area (Å²) in [4.78, 5) is 15.8.